The Labute approximate surface area is 237 Å². The number of nitrogens with two attached hydrogens (primary N) is 1. The quantitative estimate of drug-likeness (QED) is 0.394. The number of aromatic nitrogens is 1. The molecular weight excluding hydrogens is 496 g/mol. The number of benzene rings is 2. The zero-order valence-corrected chi connectivity index (χ0v) is 23.7. The molecule has 2 aliphatic carbocycles. The maximum absolute atomic E-state index is 13.1. The fourth-order valence-electron chi connectivity index (χ4n) is 7.30. The standard InChI is InChI=1S/C33H42N6O/c1-2-38-12-14-39(15-13-38)22-23-6-9-25(10-7-23)31-18-28-16-24(8-11-30(28)37-31)17-29(21-34)36-32(40)33(35)19-26-4-3-5-27(26)20-33/h6-11,16,18,26-27,29,37H,2-5,12-15,17,19-20,22,35H2,1H3,(H,36,40)/t26?,27?,29-,33?/m0/s1. The first-order valence-corrected chi connectivity index (χ1v) is 15.1. The highest BCUT2D eigenvalue weighted by Gasteiger charge is 2.49. The number of hydrogen-bond acceptors (Lipinski definition) is 5. The molecule has 0 bridgehead atoms. The number of likely N-dealkylation sites (N-methyl/N-ethyl adjacent to an activating group) is 1. The van der Waals surface area contributed by atoms with Crippen LogP contribution >= 0.6 is 0 Å². The molecule has 2 heterocycles. The number of carbonyl (C=O) groups is 1. The Morgan fingerprint density at radius 2 is 1.73 bits per heavy atom. The molecule has 1 amide bonds. The van der Waals surface area contributed by atoms with Crippen LogP contribution in [0.2, 0.25) is 0 Å². The summed E-state index contributed by atoms with van der Waals surface area (Å²) in [5.41, 5.74) is 11.4. The van der Waals surface area contributed by atoms with Gasteiger partial charge in [0.05, 0.1) is 11.6 Å². The molecule has 4 N–H and O–H groups in total. The number of nitriles is 1. The van der Waals surface area contributed by atoms with Crippen molar-refractivity contribution in [2.75, 3.05) is 32.7 Å². The number of nitrogens with zero attached hydrogens (tertiary/aromatic N) is 3. The van der Waals surface area contributed by atoms with Crippen LogP contribution in [0.15, 0.2) is 48.5 Å². The van der Waals surface area contributed by atoms with Gasteiger partial charge in [0.25, 0.3) is 0 Å². The van der Waals surface area contributed by atoms with Crippen molar-refractivity contribution >= 4 is 16.8 Å². The lowest BCUT2D eigenvalue weighted by Gasteiger charge is -2.34. The fraction of sp³-hybridized carbons (Fsp3) is 0.515. The van der Waals surface area contributed by atoms with Crippen LogP contribution in [0.4, 0.5) is 0 Å². The highest BCUT2D eigenvalue weighted by atomic mass is 16.2. The Morgan fingerprint density at radius 3 is 2.40 bits per heavy atom. The van der Waals surface area contributed by atoms with Crippen LogP contribution < -0.4 is 11.1 Å². The molecular formula is C33H42N6O. The van der Waals surface area contributed by atoms with E-state index in [-0.39, 0.29) is 5.91 Å². The van der Waals surface area contributed by atoms with Gasteiger partial charge in [-0.25, -0.2) is 0 Å². The summed E-state index contributed by atoms with van der Waals surface area (Å²) in [4.78, 5) is 21.7. The summed E-state index contributed by atoms with van der Waals surface area (Å²) < 4.78 is 0. The number of piperazine rings is 1. The van der Waals surface area contributed by atoms with E-state index in [1.54, 1.807) is 0 Å². The van der Waals surface area contributed by atoms with Gasteiger partial charge in [0, 0.05) is 55.7 Å². The van der Waals surface area contributed by atoms with E-state index >= 15 is 0 Å². The van der Waals surface area contributed by atoms with Crippen LogP contribution in [0.3, 0.4) is 0 Å². The molecule has 40 heavy (non-hydrogen) atoms. The smallest absolute Gasteiger partial charge is 0.241 e. The molecule has 0 spiro atoms. The van der Waals surface area contributed by atoms with Crippen LogP contribution in [0.5, 0.6) is 0 Å². The van der Waals surface area contributed by atoms with E-state index in [0.29, 0.717) is 18.3 Å². The number of nitrogens with one attached hydrogen (secondary N) is 2. The van der Waals surface area contributed by atoms with Gasteiger partial charge in [-0.3, -0.25) is 9.69 Å². The highest BCUT2D eigenvalue weighted by molar-refractivity contribution is 5.88. The van der Waals surface area contributed by atoms with Gasteiger partial charge in [-0.15, -0.1) is 0 Å². The molecule has 3 aromatic rings. The topological polar surface area (TPSA) is 101 Å². The average molecular weight is 539 g/mol. The van der Waals surface area contributed by atoms with Crippen LogP contribution in [0.25, 0.3) is 22.2 Å². The Morgan fingerprint density at radius 1 is 1.05 bits per heavy atom. The van der Waals surface area contributed by atoms with Gasteiger partial charge < -0.3 is 20.9 Å². The first kappa shape index (κ1) is 27.0. The van der Waals surface area contributed by atoms with Crippen LogP contribution in [-0.4, -0.2) is 65.0 Å². The van der Waals surface area contributed by atoms with E-state index in [2.05, 4.69) is 75.6 Å². The van der Waals surface area contributed by atoms with E-state index < -0.39 is 11.6 Å². The molecule has 210 valence electrons. The summed E-state index contributed by atoms with van der Waals surface area (Å²) in [5, 5.41) is 13.9. The van der Waals surface area contributed by atoms with Crippen LogP contribution in [0.1, 0.15) is 50.2 Å². The minimum absolute atomic E-state index is 0.162. The van der Waals surface area contributed by atoms with E-state index in [1.165, 1.54) is 24.8 Å². The number of hydrogen-bond donors (Lipinski definition) is 3. The summed E-state index contributed by atoms with van der Waals surface area (Å²) in [6.45, 7) is 8.94. The molecule has 7 heteroatoms. The minimum Gasteiger partial charge on any atom is -0.355 e. The fourth-order valence-corrected chi connectivity index (χ4v) is 7.30. The van der Waals surface area contributed by atoms with Gasteiger partial charge in [0.1, 0.15) is 6.04 Å². The minimum atomic E-state index is -0.829. The van der Waals surface area contributed by atoms with Crippen LogP contribution in [0, 0.1) is 23.2 Å². The lowest BCUT2D eigenvalue weighted by atomic mass is 9.93. The maximum atomic E-state index is 13.1. The van der Waals surface area contributed by atoms with Crippen molar-refractivity contribution in [1.29, 1.82) is 5.26 Å². The number of fused-ring (bicyclic) bond motifs is 2. The molecule has 7 nitrogen and oxygen atoms in total. The van der Waals surface area contributed by atoms with E-state index in [4.69, 9.17) is 5.73 Å². The third kappa shape index (κ3) is 5.67. The molecule has 3 fully saturated rings. The van der Waals surface area contributed by atoms with Gasteiger partial charge in [-0.2, -0.15) is 5.26 Å². The molecule has 2 saturated carbocycles. The van der Waals surface area contributed by atoms with E-state index in [9.17, 15) is 10.1 Å². The molecule has 2 aromatic carbocycles. The molecule has 3 atom stereocenters. The van der Waals surface area contributed by atoms with Gasteiger partial charge >= 0.3 is 0 Å². The van der Waals surface area contributed by atoms with Crippen molar-refractivity contribution in [3.05, 3.63) is 59.7 Å². The Bertz CT molecular complexity index is 1370. The Hall–Kier alpha value is -3.18. The van der Waals surface area contributed by atoms with Gasteiger partial charge in [0.15, 0.2) is 0 Å². The van der Waals surface area contributed by atoms with Crippen molar-refractivity contribution in [2.24, 2.45) is 17.6 Å². The van der Waals surface area contributed by atoms with Crippen molar-refractivity contribution in [1.82, 2.24) is 20.1 Å². The zero-order chi connectivity index (χ0) is 27.7. The molecule has 3 aliphatic rings. The second kappa shape index (κ2) is 11.4. The largest absolute Gasteiger partial charge is 0.355 e. The van der Waals surface area contributed by atoms with E-state index in [1.807, 2.05) is 6.07 Å². The molecule has 1 saturated heterocycles. The van der Waals surface area contributed by atoms with Crippen molar-refractivity contribution in [2.45, 2.75) is 63.6 Å². The number of rotatable bonds is 8. The Balaban J connectivity index is 1.08. The van der Waals surface area contributed by atoms with Gasteiger partial charge in [-0.1, -0.05) is 56.5 Å². The summed E-state index contributed by atoms with van der Waals surface area (Å²) >= 11 is 0. The number of aromatic amines is 1. The van der Waals surface area contributed by atoms with Gasteiger partial charge in [-0.05, 0) is 66.1 Å². The van der Waals surface area contributed by atoms with Crippen molar-refractivity contribution < 1.29 is 4.79 Å². The summed E-state index contributed by atoms with van der Waals surface area (Å²) in [6.07, 6.45) is 5.56. The summed E-state index contributed by atoms with van der Waals surface area (Å²) in [6, 6.07) is 19.0. The normalized spacial score (nSPS) is 26.0. The van der Waals surface area contributed by atoms with Crippen molar-refractivity contribution in [3.63, 3.8) is 0 Å². The lowest BCUT2D eigenvalue weighted by molar-refractivity contribution is -0.126. The molecule has 6 rings (SSSR count). The highest BCUT2D eigenvalue weighted by Crippen LogP contribution is 2.47. The molecule has 1 aromatic heterocycles. The number of amides is 1. The summed E-state index contributed by atoms with van der Waals surface area (Å²) in [7, 11) is 0. The third-order valence-electron chi connectivity index (χ3n) is 9.69. The molecule has 1 aliphatic heterocycles. The summed E-state index contributed by atoms with van der Waals surface area (Å²) in [5.74, 6) is 0.976. The van der Waals surface area contributed by atoms with Gasteiger partial charge in [0.2, 0.25) is 5.91 Å². The molecule has 2 unspecified atom stereocenters. The second-order valence-corrected chi connectivity index (χ2v) is 12.4. The third-order valence-corrected chi connectivity index (χ3v) is 9.69. The molecule has 0 radical (unpaired) electrons. The first-order valence-electron chi connectivity index (χ1n) is 15.1. The Kier molecular flexibility index (Phi) is 7.67. The predicted octanol–water partition coefficient (Wildman–Crippen LogP) is 4.43. The second-order valence-electron chi connectivity index (χ2n) is 12.4. The number of H-pyrrole nitrogens is 1. The number of carbonyl (C=O) groups excluding carboxylic acids is 1. The van der Waals surface area contributed by atoms with E-state index in [0.717, 1.165) is 79.8 Å². The average Bonchev–Trinajstić information content (AvgIpc) is 3.67. The lowest BCUT2D eigenvalue weighted by Crippen LogP contribution is -2.55. The zero-order valence-electron chi connectivity index (χ0n) is 23.7. The predicted molar refractivity (Wildman–Crippen MR) is 159 cm³/mol. The SMILES string of the molecule is CCN1CCN(Cc2ccc(-c3cc4cc(C[C@@H](C#N)NC(=O)C5(N)CC6CCCC6C5)ccc4[nH]3)cc2)CC1. The van der Waals surface area contributed by atoms with Crippen LogP contribution in [-0.2, 0) is 17.8 Å². The first-order chi connectivity index (χ1) is 19.4. The maximum Gasteiger partial charge on any atom is 0.241 e. The monoisotopic (exact) mass is 538 g/mol. The van der Waals surface area contributed by atoms with Crippen molar-refractivity contribution in [3.8, 4) is 17.3 Å².